The number of anilines is 1. The average molecular weight is 272 g/mol. The van der Waals surface area contributed by atoms with Gasteiger partial charge in [0.2, 0.25) is 0 Å². The van der Waals surface area contributed by atoms with Crippen LogP contribution < -0.4 is 20.5 Å². The summed E-state index contributed by atoms with van der Waals surface area (Å²) in [7, 11) is 0. The molecule has 0 spiro atoms. The van der Waals surface area contributed by atoms with Crippen LogP contribution in [0.3, 0.4) is 0 Å². The standard InChI is InChI=1S/C14H12N2O2S/c15-14(19)16-10-6-7-11-12(8-10)18-13(17-11)9-4-2-1-3-5-9/h1-8,13H,(H3,15,16,19). The zero-order valence-corrected chi connectivity index (χ0v) is 10.8. The van der Waals surface area contributed by atoms with Gasteiger partial charge < -0.3 is 20.5 Å². The molecular formula is C14H12N2O2S. The van der Waals surface area contributed by atoms with Gasteiger partial charge in [0, 0.05) is 17.3 Å². The fourth-order valence-electron chi connectivity index (χ4n) is 1.92. The number of rotatable bonds is 2. The maximum absolute atomic E-state index is 5.77. The van der Waals surface area contributed by atoms with E-state index < -0.39 is 6.29 Å². The van der Waals surface area contributed by atoms with E-state index in [2.05, 4.69) is 5.32 Å². The predicted molar refractivity (Wildman–Crippen MR) is 77.3 cm³/mol. The minimum atomic E-state index is -0.406. The molecule has 1 heterocycles. The number of benzene rings is 2. The molecule has 2 aromatic carbocycles. The van der Waals surface area contributed by atoms with Crippen LogP contribution in [-0.2, 0) is 0 Å². The number of ether oxygens (including phenoxy) is 2. The average Bonchev–Trinajstić information content (AvgIpc) is 2.82. The van der Waals surface area contributed by atoms with E-state index in [1.54, 1.807) is 0 Å². The Morgan fingerprint density at radius 1 is 1.05 bits per heavy atom. The molecule has 3 N–H and O–H groups in total. The van der Waals surface area contributed by atoms with E-state index in [9.17, 15) is 0 Å². The van der Waals surface area contributed by atoms with Crippen molar-refractivity contribution in [1.29, 1.82) is 0 Å². The van der Waals surface area contributed by atoms with E-state index in [0.717, 1.165) is 11.3 Å². The molecule has 0 fully saturated rings. The monoisotopic (exact) mass is 272 g/mol. The molecule has 1 aliphatic rings. The second-order valence-corrected chi connectivity index (χ2v) is 4.57. The second-order valence-electron chi connectivity index (χ2n) is 4.13. The number of thiocarbonyl (C=S) groups is 1. The van der Waals surface area contributed by atoms with Crippen LogP contribution in [-0.4, -0.2) is 5.11 Å². The van der Waals surface area contributed by atoms with Crippen LogP contribution in [0.1, 0.15) is 11.9 Å². The molecular weight excluding hydrogens is 260 g/mol. The Morgan fingerprint density at radius 2 is 1.79 bits per heavy atom. The lowest BCUT2D eigenvalue weighted by Crippen LogP contribution is -2.18. The Hall–Kier alpha value is -2.27. The third-order valence-electron chi connectivity index (χ3n) is 2.75. The van der Waals surface area contributed by atoms with E-state index in [1.165, 1.54) is 0 Å². The fraction of sp³-hybridized carbons (Fsp3) is 0.0714. The van der Waals surface area contributed by atoms with E-state index in [4.69, 9.17) is 27.4 Å². The number of hydrogen-bond donors (Lipinski definition) is 2. The number of nitrogens with one attached hydrogen (secondary N) is 1. The van der Waals surface area contributed by atoms with Gasteiger partial charge in [0.1, 0.15) is 0 Å². The van der Waals surface area contributed by atoms with Crippen molar-refractivity contribution in [2.45, 2.75) is 6.29 Å². The highest BCUT2D eigenvalue weighted by atomic mass is 32.1. The van der Waals surface area contributed by atoms with Gasteiger partial charge in [0.15, 0.2) is 16.6 Å². The lowest BCUT2D eigenvalue weighted by molar-refractivity contribution is 0.0487. The molecule has 0 radical (unpaired) electrons. The third-order valence-corrected chi connectivity index (χ3v) is 2.85. The molecule has 4 nitrogen and oxygen atoms in total. The first kappa shape index (κ1) is 11.8. The Bertz CT molecular complexity index is 616. The van der Waals surface area contributed by atoms with Gasteiger partial charge in [-0.15, -0.1) is 0 Å². The summed E-state index contributed by atoms with van der Waals surface area (Å²) in [5.41, 5.74) is 7.19. The molecule has 0 aromatic heterocycles. The molecule has 1 aliphatic heterocycles. The topological polar surface area (TPSA) is 56.5 Å². The first-order valence-electron chi connectivity index (χ1n) is 5.81. The molecule has 2 aromatic rings. The van der Waals surface area contributed by atoms with Gasteiger partial charge in [-0.3, -0.25) is 0 Å². The molecule has 0 amide bonds. The van der Waals surface area contributed by atoms with Crippen molar-refractivity contribution in [2.75, 3.05) is 5.32 Å². The van der Waals surface area contributed by atoms with E-state index in [-0.39, 0.29) is 5.11 Å². The van der Waals surface area contributed by atoms with Crippen molar-refractivity contribution >= 4 is 23.0 Å². The summed E-state index contributed by atoms with van der Waals surface area (Å²) in [6.07, 6.45) is -0.406. The van der Waals surface area contributed by atoms with Gasteiger partial charge in [-0.1, -0.05) is 30.3 Å². The summed E-state index contributed by atoms with van der Waals surface area (Å²) in [5, 5.41) is 3.08. The smallest absolute Gasteiger partial charge is 0.267 e. The zero-order chi connectivity index (χ0) is 13.2. The van der Waals surface area contributed by atoms with Gasteiger partial charge in [-0.2, -0.15) is 0 Å². The van der Waals surface area contributed by atoms with Gasteiger partial charge in [0.25, 0.3) is 6.29 Å². The zero-order valence-electron chi connectivity index (χ0n) is 10.00. The Labute approximate surface area is 116 Å². The van der Waals surface area contributed by atoms with E-state index in [0.29, 0.717) is 11.5 Å². The minimum Gasteiger partial charge on any atom is -0.447 e. The van der Waals surface area contributed by atoms with Crippen LogP contribution in [0.5, 0.6) is 11.5 Å². The summed E-state index contributed by atoms with van der Waals surface area (Å²) in [4.78, 5) is 0. The van der Waals surface area contributed by atoms with Crippen LogP contribution in [0.25, 0.3) is 0 Å². The predicted octanol–water partition coefficient (Wildman–Crippen LogP) is 2.81. The van der Waals surface area contributed by atoms with E-state index >= 15 is 0 Å². The molecule has 19 heavy (non-hydrogen) atoms. The summed E-state index contributed by atoms with van der Waals surface area (Å²) in [6.45, 7) is 0. The molecule has 1 unspecified atom stereocenters. The maximum atomic E-state index is 5.77. The molecule has 96 valence electrons. The quantitative estimate of drug-likeness (QED) is 0.823. The molecule has 3 rings (SSSR count). The van der Waals surface area contributed by atoms with Gasteiger partial charge in [-0.25, -0.2) is 0 Å². The largest absolute Gasteiger partial charge is 0.447 e. The third kappa shape index (κ3) is 2.46. The highest BCUT2D eigenvalue weighted by Gasteiger charge is 2.25. The van der Waals surface area contributed by atoms with Crippen LogP contribution in [0.4, 0.5) is 5.69 Å². The van der Waals surface area contributed by atoms with Crippen molar-refractivity contribution in [3.05, 3.63) is 54.1 Å². The molecule has 0 saturated carbocycles. The van der Waals surface area contributed by atoms with Crippen molar-refractivity contribution < 1.29 is 9.47 Å². The van der Waals surface area contributed by atoms with Gasteiger partial charge >= 0.3 is 0 Å². The molecule has 0 bridgehead atoms. The molecule has 1 atom stereocenters. The Morgan fingerprint density at radius 3 is 2.53 bits per heavy atom. The van der Waals surface area contributed by atoms with Crippen LogP contribution in [0, 0.1) is 0 Å². The lowest BCUT2D eigenvalue weighted by Gasteiger charge is -2.09. The van der Waals surface area contributed by atoms with Gasteiger partial charge in [-0.05, 0) is 24.4 Å². The van der Waals surface area contributed by atoms with Crippen molar-refractivity contribution in [2.24, 2.45) is 5.73 Å². The second kappa shape index (κ2) is 4.78. The van der Waals surface area contributed by atoms with Crippen molar-refractivity contribution in [3.63, 3.8) is 0 Å². The minimum absolute atomic E-state index is 0.221. The first-order chi connectivity index (χ1) is 9.22. The van der Waals surface area contributed by atoms with Crippen molar-refractivity contribution in [1.82, 2.24) is 0 Å². The maximum Gasteiger partial charge on any atom is 0.267 e. The van der Waals surface area contributed by atoms with Crippen LogP contribution in [0.2, 0.25) is 0 Å². The lowest BCUT2D eigenvalue weighted by atomic mass is 10.2. The first-order valence-corrected chi connectivity index (χ1v) is 6.22. The summed E-state index contributed by atoms with van der Waals surface area (Å²) in [5.74, 6) is 1.39. The molecule has 5 heteroatoms. The fourth-order valence-corrected chi connectivity index (χ4v) is 2.04. The van der Waals surface area contributed by atoms with Gasteiger partial charge in [0.05, 0.1) is 0 Å². The van der Waals surface area contributed by atoms with Crippen LogP contribution in [0.15, 0.2) is 48.5 Å². The number of nitrogens with two attached hydrogens (primary N) is 1. The highest BCUT2D eigenvalue weighted by molar-refractivity contribution is 7.80. The summed E-state index contributed by atoms with van der Waals surface area (Å²) in [6, 6.07) is 15.3. The summed E-state index contributed by atoms with van der Waals surface area (Å²) < 4.78 is 11.5. The SMILES string of the molecule is NC(=S)Nc1ccc2c(c1)OC(c1ccccc1)O2. The van der Waals surface area contributed by atoms with Crippen molar-refractivity contribution in [3.8, 4) is 11.5 Å². The number of hydrogen-bond acceptors (Lipinski definition) is 3. The van der Waals surface area contributed by atoms with Crippen LogP contribution >= 0.6 is 12.2 Å². The molecule has 0 aliphatic carbocycles. The number of fused-ring (bicyclic) bond motifs is 1. The Balaban J connectivity index is 1.82. The molecule has 0 saturated heterocycles. The highest BCUT2D eigenvalue weighted by Crippen LogP contribution is 2.41. The van der Waals surface area contributed by atoms with E-state index in [1.807, 2.05) is 48.5 Å². The normalized spacial score (nSPS) is 16.1. The summed E-state index contributed by atoms with van der Waals surface area (Å²) >= 11 is 4.80. The Kier molecular flexibility index (Phi) is 2.97.